The fourth-order valence-electron chi connectivity index (χ4n) is 1.33. The molecule has 0 aliphatic carbocycles. The minimum Gasteiger partial charge on any atom is -0.460 e. The third-order valence-electron chi connectivity index (χ3n) is 2.02. The highest BCUT2D eigenvalue weighted by Crippen LogP contribution is 1.98. The summed E-state index contributed by atoms with van der Waals surface area (Å²) in [5.41, 5.74) is -0.477. The Morgan fingerprint density at radius 1 is 1.29 bits per heavy atom. The second-order valence-electron chi connectivity index (χ2n) is 5.13. The van der Waals surface area contributed by atoms with E-state index in [1.54, 1.807) is 27.7 Å². The van der Waals surface area contributed by atoms with Crippen molar-refractivity contribution < 1.29 is 19.1 Å². The van der Waals surface area contributed by atoms with Crippen molar-refractivity contribution in [2.75, 3.05) is 6.61 Å². The molecule has 0 bridgehead atoms. The first-order chi connectivity index (χ1) is 9.73. The number of tetrazole rings is 1. The van der Waals surface area contributed by atoms with Crippen LogP contribution >= 0.6 is 0 Å². The van der Waals surface area contributed by atoms with Crippen LogP contribution in [0.3, 0.4) is 0 Å². The normalized spacial score (nSPS) is 10.9. The number of esters is 1. The van der Waals surface area contributed by atoms with Gasteiger partial charge >= 0.3 is 12.0 Å². The molecule has 0 radical (unpaired) electrons. The zero-order valence-electron chi connectivity index (χ0n) is 12.3. The highest BCUT2D eigenvalue weighted by molar-refractivity contribution is 5.94. The minimum absolute atomic E-state index is 0.159. The third kappa shape index (κ3) is 5.55. The molecule has 1 aromatic heterocycles. The lowest BCUT2D eigenvalue weighted by atomic mass is 10.1. The van der Waals surface area contributed by atoms with E-state index in [1.165, 1.54) is 0 Å². The Labute approximate surface area is 121 Å². The molecule has 0 saturated heterocycles. The molecule has 0 saturated carbocycles. The van der Waals surface area contributed by atoms with Crippen LogP contribution in [-0.4, -0.2) is 50.3 Å². The lowest BCUT2D eigenvalue weighted by Crippen LogP contribution is -2.49. The molecule has 0 aliphatic heterocycles. The van der Waals surface area contributed by atoms with E-state index in [0.717, 1.165) is 4.68 Å². The van der Waals surface area contributed by atoms with Gasteiger partial charge in [0.1, 0.15) is 6.54 Å². The number of urea groups is 1. The maximum atomic E-state index is 11.7. The summed E-state index contributed by atoms with van der Waals surface area (Å²) >= 11 is 0. The Bertz CT molecular complexity index is 533. The Balaban J connectivity index is 2.62. The quantitative estimate of drug-likeness (QED) is 0.715. The number of imide groups is 1. The van der Waals surface area contributed by atoms with Crippen LogP contribution in [0.1, 0.15) is 38.3 Å². The van der Waals surface area contributed by atoms with Crippen LogP contribution in [0.15, 0.2) is 0 Å². The van der Waals surface area contributed by atoms with Gasteiger partial charge in [-0.25, -0.2) is 14.3 Å². The van der Waals surface area contributed by atoms with Gasteiger partial charge in [0.05, 0.1) is 6.61 Å². The molecular formula is C11H18N6O4. The number of carbonyl (C=O) groups is 3. The Morgan fingerprint density at radius 3 is 2.52 bits per heavy atom. The van der Waals surface area contributed by atoms with Crippen molar-refractivity contribution in [3.8, 4) is 0 Å². The number of nitrogens with zero attached hydrogens (tertiary/aromatic N) is 4. The van der Waals surface area contributed by atoms with Crippen LogP contribution in [0.5, 0.6) is 0 Å². The first-order valence-corrected chi connectivity index (χ1v) is 6.28. The van der Waals surface area contributed by atoms with Gasteiger partial charge in [0.25, 0.3) is 5.82 Å². The van der Waals surface area contributed by atoms with Gasteiger partial charge in [0, 0.05) is 5.54 Å². The molecule has 0 fully saturated rings. The average Bonchev–Trinajstić information content (AvgIpc) is 2.74. The summed E-state index contributed by atoms with van der Waals surface area (Å²) in [6, 6.07) is -0.641. The second-order valence-corrected chi connectivity index (χ2v) is 5.13. The second kappa shape index (κ2) is 6.77. The number of hydrogen-bond acceptors (Lipinski definition) is 7. The summed E-state index contributed by atoms with van der Waals surface area (Å²) in [5, 5.41) is 15.0. The molecule has 0 unspecified atom stereocenters. The van der Waals surface area contributed by atoms with Gasteiger partial charge in [-0.1, -0.05) is 0 Å². The zero-order valence-corrected chi connectivity index (χ0v) is 12.3. The van der Waals surface area contributed by atoms with Crippen LogP contribution < -0.4 is 10.6 Å². The summed E-state index contributed by atoms with van der Waals surface area (Å²) in [7, 11) is 0. The standard InChI is InChI=1S/C11H18N6O4/c1-5-21-9(19)8-14-15-16-17(8)6-7(18)12-10(20)13-11(2,3)4/h5-6H2,1-4H3,(H2,12,13,18,20). The molecule has 116 valence electrons. The molecule has 1 heterocycles. The first-order valence-electron chi connectivity index (χ1n) is 6.28. The molecule has 0 aliphatic rings. The van der Waals surface area contributed by atoms with E-state index in [9.17, 15) is 14.4 Å². The molecule has 10 heteroatoms. The van der Waals surface area contributed by atoms with E-state index in [2.05, 4.69) is 26.2 Å². The highest BCUT2D eigenvalue weighted by atomic mass is 16.5. The van der Waals surface area contributed by atoms with Crippen LogP contribution in [0.25, 0.3) is 0 Å². The van der Waals surface area contributed by atoms with Crippen molar-refractivity contribution in [2.45, 2.75) is 39.8 Å². The van der Waals surface area contributed by atoms with Crippen LogP contribution in [0.4, 0.5) is 4.79 Å². The summed E-state index contributed by atoms with van der Waals surface area (Å²) < 4.78 is 5.70. The average molecular weight is 298 g/mol. The molecule has 10 nitrogen and oxygen atoms in total. The van der Waals surface area contributed by atoms with Crippen molar-refractivity contribution in [1.82, 2.24) is 30.8 Å². The minimum atomic E-state index is -0.741. The van der Waals surface area contributed by atoms with Crippen LogP contribution in [0, 0.1) is 0 Å². The summed E-state index contributed by atoms with van der Waals surface area (Å²) in [6.07, 6.45) is 0. The fourth-order valence-corrected chi connectivity index (χ4v) is 1.33. The third-order valence-corrected chi connectivity index (χ3v) is 2.02. The summed E-state index contributed by atoms with van der Waals surface area (Å²) in [5.74, 6) is -1.60. The fraction of sp³-hybridized carbons (Fsp3) is 0.636. The number of rotatable bonds is 4. The molecule has 0 atom stereocenters. The van der Waals surface area contributed by atoms with E-state index in [0.29, 0.717) is 0 Å². The maximum Gasteiger partial charge on any atom is 0.378 e. The van der Waals surface area contributed by atoms with Gasteiger partial charge in [0.15, 0.2) is 0 Å². The van der Waals surface area contributed by atoms with E-state index >= 15 is 0 Å². The monoisotopic (exact) mass is 298 g/mol. The van der Waals surface area contributed by atoms with Crippen LogP contribution in [-0.2, 0) is 16.1 Å². The SMILES string of the molecule is CCOC(=O)c1nnnn1CC(=O)NC(=O)NC(C)(C)C. The number of hydrogen-bond donors (Lipinski definition) is 2. The van der Waals surface area contributed by atoms with Gasteiger partial charge < -0.3 is 10.1 Å². The van der Waals surface area contributed by atoms with E-state index < -0.39 is 23.4 Å². The van der Waals surface area contributed by atoms with Gasteiger partial charge in [-0.15, -0.1) is 5.10 Å². The molecule has 2 N–H and O–H groups in total. The smallest absolute Gasteiger partial charge is 0.378 e. The van der Waals surface area contributed by atoms with Crippen molar-refractivity contribution in [2.24, 2.45) is 0 Å². The maximum absolute atomic E-state index is 11.7. The van der Waals surface area contributed by atoms with Crippen molar-refractivity contribution in [3.05, 3.63) is 5.82 Å². The summed E-state index contributed by atoms with van der Waals surface area (Å²) in [4.78, 5) is 34.7. The Hall–Kier alpha value is -2.52. The Kier molecular flexibility index (Phi) is 5.33. The molecule has 0 spiro atoms. The lowest BCUT2D eigenvalue weighted by Gasteiger charge is -2.20. The Morgan fingerprint density at radius 2 is 1.95 bits per heavy atom. The molecule has 0 aromatic carbocycles. The van der Waals surface area contributed by atoms with Gasteiger partial charge in [-0.05, 0) is 38.1 Å². The number of carbonyl (C=O) groups excluding carboxylic acids is 3. The van der Waals surface area contributed by atoms with Gasteiger partial charge in [-0.3, -0.25) is 10.1 Å². The highest BCUT2D eigenvalue weighted by Gasteiger charge is 2.20. The van der Waals surface area contributed by atoms with E-state index in [-0.39, 0.29) is 19.0 Å². The van der Waals surface area contributed by atoms with Gasteiger partial charge in [0.2, 0.25) is 5.91 Å². The molecule has 1 aromatic rings. The van der Waals surface area contributed by atoms with Crippen LogP contribution in [0.2, 0.25) is 0 Å². The molecular weight excluding hydrogens is 280 g/mol. The predicted octanol–water partition coefficient (Wildman–Crippen LogP) is -0.526. The molecule has 1 rings (SSSR count). The molecule has 3 amide bonds. The topological polar surface area (TPSA) is 128 Å². The van der Waals surface area contributed by atoms with Gasteiger partial charge in [-0.2, -0.15) is 0 Å². The predicted molar refractivity (Wildman–Crippen MR) is 70.2 cm³/mol. The number of amides is 3. The van der Waals surface area contributed by atoms with Crippen molar-refractivity contribution in [1.29, 1.82) is 0 Å². The van der Waals surface area contributed by atoms with Crippen molar-refractivity contribution in [3.63, 3.8) is 0 Å². The first kappa shape index (κ1) is 16.5. The van der Waals surface area contributed by atoms with E-state index in [4.69, 9.17) is 4.74 Å². The van der Waals surface area contributed by atoms with Crippen molar-refractivity contribution >= 4 is 17.9 Å². The summed E-state index contributed by atoms with van der Waals surface area (Å²) in [6.45, 7) is 6.74. The lowest BCUT2D eigenvalue weighted by molar-refractivity contribution is -0.120. The van der Waals surface area contributed by atoms with E-state index in [1.807, 2.05) is 0 Å². The number of ether oxygens (including phenoxy) is 1. The zero-order chi connectivity index (χ0) is 16.0. The molecule has 21 heavy (non-hydrogen) atoms. The number of aromatic nitrogens is 4. The largest absolute Gasteiger partial charge is 0.460 e. The number of nitrogens with one attached hydrogen (secondary N) is 2.